The van der Waals surface area contributed by atoms with Crippen LogP contribution in [0.1, 0.15) is 56.7 Å². The molecule has 2 rings (SSSR count). The standard InChI is InChI=1S/C22H27NO8S/c1-8-30-21(25)16-12(4)18(22(26)31-11(2)3)32-20(16)23-19(24)13-9-14(27-5)17(29-7)15(10-13)28-6/h9-11H,8H2,1-7H3,(H,23,24). The van der Waals surface area contributed by atoms with Crippen molar-refractivity contribution in [2.24, 2.45) is 0 Å². The Morgan fingerprint density at radius 2 is 1.59 bits per heavy atom. The van der Waals surface area contributed by atoms with Crippen LogP contribution in [0.4, 0.5) is 5.00 Å². The van der Waals surface area contributed by atoms with Gasteiger partial charge in [0.1, 0.15) is 9.88 Å². The van der Waals surface area contributed by atoms with Crippen molar-refractivity contribution in [3.05, 3.63) is 33.7 Å². The van der Waals surface area contributed by atoms with Crippen LogP contribution in [0.5, 0.6) is 17.2 Å². The summed E-state index contributed by atoms with van der Waals surface area (Å²) >= 11 is 0.946. The Labute approximate surface area is 190 Å². The molecule has 1 heterocycles. The minimum Gasteiger partial charge on any atom is -0.493 e. The number of ether oxygens (including phenoxy) is 5. The van der Waals surface area contributed by atoms with Gasteiger partial charge in [-0.15, -0.1) is 11.3 Å². The van der Waals surface area contributed by atoms with Crippen molar-refractivity contribution < 1.29 is 38.1 Å². The molecule has 0 aliphatic carbocycles. The summed E-state index contributed by atoms with van der Waals surface area (Å²) in [5, 5.41) is 2.87. The largest absolute Gasteiger partial charge is 0.493 e. The summed E-state index contributed by atoms with van der Waals surface area (Å²) in [7, 11) is 4.33. The van der Waals surface area contributed by atoms with E-state index in [1.165, 1.54) is 33.5 Å². The summed E-state index contributed by atoms with van der Waals surface area (Å²) in [6.45, 7) is 6.86. The molecule has 32 heavy (non-hydrogen) atoms. The van der Waals surface area contributed by atoms with Gasteiger partial charge in [-0.2, -0.15) is 0 Å². The molecule has 1 aromatic carbocycles. The summed E-state index contributed by atoms with van der Waals surface area (Å²) in [6.07, 6.45) is -0.340. The molecule has 0 spiro atoms. The van der Waals surface area contributed by atoms with Gasteiger partial charge in [-0.05, 0) is 45.4 Å². The monoisotopic (exact) mass is 465 g/mol. The maximum atomic E-state index is 13.0. The first-order chi connectivity index (χ1) is 15.2. The molecule has 0 aliphatic heterocycles. The van der Waals surface area contributed by atoms with Crippen molar-refractivity contribution in [1.29, 1.82) is 0 Å². The number of anilines is 1. The molecule has 0 radical (unpaired) electrons. The Balaban J connectivity index is 2.50. The van der Waals surface area contributed by atoms with Gasteiger partial charge in [-0.3, -0.25) is 4.79 Å². The zero-order chi connectivity index (χ0) is 24.0. The molecule has 0 saturated heterocycles. The molecule has 0 bridgehead atoms. The number of carbonyl (C=O) groups is 3. The quantitative estimate of drug-likeness (QED) is 0.552. The number of thiophene rings is 1. The smallest absolute Gasteiger partial charge is 0.348 e. The van der Waals surface area contributed by atoms with Crippen LogP contribution >= 0.6 is 11.3 Å². The third-order valence-electron chi connectivity index (χ3n) is 4.31. The van der Waals surface area contributed by atoms with E-state index in [1.807, 2.05) is 0 Å². The SMILES string of the molecule is CCOC(=O)c1c(NC(=O)c2cc(OC)c(OC)c(OC)c2)sc(C(=O)OC(C)C)c1C. The lowest BCUT2D eigenvalue weighted by atomic mass is 10.1. The zero-order valence-electron chi connectivity index (χ0n) is 19.1. The van der Waals surface area contributed by atoms with Gasteiger partial charge < -0.3 is 29.0 Å². The predicted molar refractivity (Wildman–Crippen MR) is 120 cm³/mol. The van der Waals surface area contributed by atoms with Gasteiger partial charge in [0.15, 0.2) is 11.5 Å². The number of esters is 2. The summed E-state index contributed by atoms with van der Waals surface area (Å²) in [5.74, 6) is -0.840. The number of amides is 1. The summed E-state index contributed by atoms with van der Waals surface area (Å²) in [4.78, 5) is 38.3. The molecule has 0 aliphatic rings. The minimum atomic E-state index is -0.648. The molecule has 0 atom stereocenters. The first-order valence-corrected chi connectivity index (χ1v) is 10.6. The molecule has 0 saturated carbocycles. The van der Waals surface area contributed by atoms with Crippen molar-refractivity contribution in [3.63, 3.8) is 0 Å². The van der Waals surface area contributed by atoms with Gasteiger partial charge in [0.05, 0.1) is 39.6 Å². The predicted octanol–water partition coefficient (Wildman–Crippen LogP) is 4.08. The second kappa shape index (κ2) is 10.9. The second-order valence-electron chi connectivity index (χ2n) is 6.80. The summed E-state index contributed by atoms with van der Waals surface area (Å²) in [5.41, 5.74) is 0.680. The number of carbonyl (C=O) groups excluding carboxylic acids is 3. The second-order valence-corrected chi connectivity index (χ2v) is 7.82. The highest BCUT2D eigenvalue weighted by atomic mass is 32.1. The van der Waals surface area contributed by atoms with Gasteiger partial charge in [-0.1, -0.05) is 0 Å². The van der Waals surface area contributed by atoms with Crippen LogP contribution in [0, 0.1) is 6.92 Å². The van der Waals surface area contributed by atoms with Gasteiger partial charge in [0, 0.05) is 5.56 Å². The fraction of sp³-hybridized carbons (Fsp3) is 0.409. The highest BCUT2D eigenvalue weighted by Gasteiger charge is 2.28. The number of hydrogen-bond acceptors (Lipinski definition) is 9. The van der Waals surface area contributed by atoms with Crippen LogP contribution < -0.4 is 19.5 Å². The first-order valence-electron chi connectivity index (χ1n) is 9.81. The van der Waals surface area contributed by atoms with Crippen molar-refractivity contribution >= 4 is 34.2 Å². The van der Waals surface area contributed by atoms with Crippen molar-refractivity contribution in [2.75, 3.05) is 33.3 Å². The van der Waals surface area contributed by atoms with Crippen LogP contribution in [0.2, 0.25) is 0 Å². The average molecular weight is 466 g/mol. The van der Waals surface area contributed by atoms with Gasteiger partial charge in [0.25, 0.3) is 5.91 Å². The van der Waals surface area contributed by atoms with Crippen molar-refractivity contribution in [2.45, 2.75) is 33.8 Å². The molecule has 0 fully saturated rings. The molecule has 0 unspecified atom stereocenters. The highest BCUT2D eigenvalue weighted by Crippen LogP contribution is 2.39. The number of hydrogen-bond donors (Lipinski definition) is 1. The van der Waals surface area contributed by atoms with Gasteiger partial charge in [0.2, 0.25) is 5.75 Å². The molecule has 2 aromatic rings. The van der Waals surface area contributed by atoms with Crippen LogP contribution in [-0.4, -0.2) is 51.9 Å². The van der Waals surface area contributed by atoms with Crippen molar-refractivity contribution in [3.8, 4) is 17.2 Å². The molecular weight excluding hydrogens is 438 g/mol. The van der Waals surface area contributed by atoms with E-state index in [0.29, 0.717) is 22.8 Å². The van der Waals surface area contributed by atoms with E-state index in [-0.39, 0.29) is 33.7 Å². The topological polar surface area (TPSA) is 109 Å². The molecule has 1 aromatic heterocycles. The molecule has 9 nitrogen and oxygen atoms in total. The lowest BCUT2D eigenvalue weighted by Gasteiger charge is -2.14. The Morgan fingerprint density at radius 3 is 2.06 bits per heavy atom. The number of methoxy groups -OCH3 is 3. The summed E-state index contributed by atoms with van der Waals surface area (Å²) in [6, 6.07) is 2.96. The van der Waals surface area contributed by atoms with E-state index in [0.717, 1.165) is 11.3 Å². The van der Waals surface area contributed by atoms with Crippen LogP contribution in [-0.2, 0) is 9.47 Å². The number of rotatable bonds is 9. The molecule has 174 valence electrons. The highest BCUT2D eigenvalue weighted by molar-refractivity contribution is 7.18. The van der Waals surface area contributed by atoms with Gasteiger partial charge >= 0.3 is 11.9 Å². The number of nitrogens with one attached hydrogen (secondary N) is 1. The molecule has 10 heteroatoms. The third-order valence-corrected chi connectivity index (χ3v) is 5.50. The summed E-state index contributed by atoms with van der Waals surface area (Å²) < 4.78 is 26.2. The van der Waals surface area contributed by atoms with E-state index < -0.39 is 17.8 Å². The van der Waals surface area contributed by atoms with Crippen LogP contribution in [0.3, 0.4) is 0 Å². The van der Waals surface area contributed by atoms with E-state index in [9.17, 15) is 14.4 Å². The average Bonchev–Trinajstić information content (AvgIpc) is 3.07. The zero-order valence-corrected chi connectivity index (χ0v) is 19.9. The lowest BCUT2D eigenvalue weighted by Crippen LogP contribution is -2.15. The maximum absolute atomic E-state index is 13.0. The Bertz CT molecular complexity index is 987. The molecule has 1 N–H and O–H groups in total. The maximum Gasteiger partial charge on any atom is 0.348 e. The van der Waals surface area contributed by atoms with Gasteiger partial charge in [-0.25, -0.2) is 9.59 Å². The van der Waals surface area contributed by atoms with E-state index in [1.54, 1.807) is 27.7 Å². The fourth-order valence-corrected chi connectivity index (χ4v) is 3.97. The Kier molecular flexibility index (Phi) is 8.48. The van der Waals surface area contributed by atoms with Crippen molar-refractivity contribution in [1.82, 2.24) is 0 Å². The number of benzene rings is 1. The van der Waals surface area contributed by atoms with Crippen LogP contribution in [0.25, 0.3) is 0 Å². The fourth-order valence-electron chi connectivity index (χ4n) is 2.90. The first kappa shape index (κ1) is 25.0. The van der Waals surface area contributed by atoms with E-state index in [4.69, 9.17) is 23.7 Å². The third kappa shape index (κ3) is 5.31. The minimum absolute atomic E-state index is 0.105. The normalized spacial score (nSPS) is 10.5. The Hall–Kier alpha value is -3.27. The van der Waals surface area contributed by atoms with Crippen LogP contribution in [0.15, 0.2) is 12.1 Å². The molecule has 1 amide bonds. The van der Waals surface area contributed by atoms with E-state index >= 15 is 0 Å². The lowest BCUT2D eigenvalue weighted by molar-refractivity contribution is 0.0383. The Morgan fingerprint density at radius 1 is 1.00 bits per heavy atom. The van der Waals surface area contributed by atoms with E-state index in [2.05, 4.69) is 5.32 Å². The molecular formula is C22H27NO8S.